The summed E-state index contributed by atoms with van der Waals surface area (Å²) in [6.07, 6.45) is -1.41. The highest BCUT2D eigenvalue weighted by Gasteiger charge is 2.83. The molecule has 2 saturated heterocycles. The smallest absolute Gasteiger partial charge is 0.304 e. The summed E-state index contributed by atoms with van der Waals surface area (Å²) in [5.41, 5.74) is -2.33. The van der Waals surface area contributed by atoms with Gasteiger partial charge in [0.2, 0.25) is 5.72 Å². The zero-order valence-corrected chi connectivity index (χ0v) is 19.6. The second kappa shape index (κ2) is 6.78. The number of aliphatic hydroxyl groups is 1. The van der Waals surface area contributed by atoms with Gasteiger partial charge in [0, 0.05) is 20.0 Å². The van der Waals surface area contributed by atoms with Gasteiger partial charge in [0.05, 0.1) is 11.6 Å². The number of fused-ring (bicyclic) bond motifs is 2. The van der Waals surface area contributed by atoms with Crippen LogP contribution in [0.2, 0.25) is 0 Å². The fourth-order valence-electron chi connectivity index (χ4n) is 7.18. The van der Waals surface area contributed by atoms with Crippen LogP contribution in [0.3, 0.4) is 0 Å². The van der Waals surface area contributed by atoms with Gasteiger partial charge in [-0.2, -0.15) is 0 Å². The molecule has 10 nitrogen and oxygen atoms in total. The lowest BCUT2D eigenvalue weighted by Crippen LogP contribution is -2.76. The predicted molar refractivity (Wildman–Crippen MR) is 116 cm³/mol. The van der Waals surface area contributed by atoms with Gasteiger partial charge in [0.15, 0.2) is 11.6 Å². The molecule has 0 aromatic heterocycles. The van der Waals surface area contributed by atoms with Crippen molar-refractivity contribution in [1.82, 2.24) is 4.90 Å². The maximum atomic E-state index is 14.6. The number of hydrogen-bond acceptors (Lipinski definition) is 9. The third-order valence-electron chi connectivity index (χ3n) is 8.36. The molecule has 1 spiro atoms. The minimum absolute atomic E-state index is 0.270. The summed E-state index contributed by atoms with van der Waals surface area (Å²) in [6, 6.07) is 5.24. The molecule has 3 fully saturated rings. The highest BCUT2D eigenvalue weighted by atomic mass is 16.7. The average Bonchev–Trinajstić information content (AvgIpc) is 3.20. The lowest BCUT2D eigenvalue weighted by atomic mass is 9.55. The van der Waals surface area contributed by atoms with Gasteiger partial charge < -0.3 is 29.0 Å². The number of para-hydroxylation sites is 1. The molecule has 10 heteroatoms. The Bertz CT molecular complexity index is 1120. The molecular formula is C24H28N2O8. The molecule has 0 radical (unpaired) electrons. The van der Waals surface area contributed by atoms with Gasteiger partial charge in [0.1, 0.15) is 17.3 Å². The van der Waals surface area contributed by atoms with Crippen LogP contribution >= 0.6 is 0 Å². The van der Waals surface area contributed by atoms with Gasteiger partial charge in [-0.1, -0.05) is 12.1 Å². The standard InChI is InChI=1S/C24H28N2O8/c1-12(27)33-24-19-13-8-10-25(3)11-9-23(24,18(28)16(13)22(2,30)34-19)14-6-5-7-15-17(14)26(24)20(29)21(31-4)32-15/h5-7,13,16,19,21,30H,8-11H2,1-4H3/t13-,16+,19+,21-,22+,23-,24-/m0/s1. The molecule has 1 aliphatic carbocycles. The van der Waals surface area contributed by atoms with Crippen LogP contribution in [0.25, 0.3) is 0 Å². The predicted octanol–water partition coefficient (Wildman–Crippen LogP) is 0.543. The normalized spacial score (nSPS) is 42.4. The molecule has 4 aliphatic heterocycles. The van der Waals surface area contributed by atoms with E-state index in [2.05, 4.69) is 4.90 Å². The number of carbonyl (C=O) groups is 3. The summed E-state index contributed by atoms with van der Waals surface area (Å²) in [5, 5.41) is 11.3. The van der Waals surface area contributed by atoms with E-state index < -0.39 is 53.0 Å². The number of hydrogen-bond donors (Lipinski definition) is 1. The summed E-state index contributed by atoms with van der Waals surface area (Å²) >= 11 is 0. The molecule has 1 aromatic rings. The van der Waals surface area contributed by atoms with Crippen molar-refractivity contribution in [3.63, 3.8) is 0 Å². The van der Waals surface area contributed by atoms with Crippen molar-refractivity contribution in [3.8, 4) is 5.75 Å². The Morgan fingerprint density at radius 1 is 1.26 bits per heavy atom. The maximum absolute atomic E-state index is 14.6. The molecule has 1 amide bonds. The van der Waals surface area contributed by atoms with Crippen LogP contribution in [0.15, 0.2) is 18.2 Å². The van der Waals surface area contributed by atoms with Gasteiger partial charge in [0.25, 0.3) is 12.2 Å². The molecule has 1 saturated carbocycles. The largest absolute Gasteiger partial charge is 0.453 e. The van der Waals surface area contributed by atoms with Crippen LogP contribution in [-0.4, -0.2) is 78.8 Å². The first-order valence-electron chi connectivity index (χ1n) is 11.6. The fourth-order valence-corrected chi connectivity index (χ4v) is 7.18. The second-order valence-corrected chi connectivity index (χ2v) is 10.1. The number of benzene rings is 1. The van der Waals surface area contributed by atoms with E-state index in [0.717, 1.165) is 0 Å². The number of carbonyl (C=O) groups excluding carboxylic acids is 3. The first-order valence-corrected chi connectivity index (χ1v) is 11.6. The van der Waals surface area contributed by atoms with Crippen molar-refractivity contribution in [2.75, 3.05) is 32.1 Å². The number of ketones is 1. The molecule has 34 heavy (non-hydrogen) atoms. The molecule has 1 N–H and O–H groups in total. The number of methoxy groups -OCH3 is 1. The van der Waals surface area contributed by atoms with Crippen LogP contribution < -0.4 is 9.64 Å². The summed E-state index contributed by atoms with van der Waals surface area (Å²) in [4.78, 5) is 44.7. The Morgan fingerprint density at radius 2 is 2.03 bits per heavy atom. The lowest BCUT2D eigenvalue weighted by Gasteiger charge is -2.54. The minimum atomic E-state index is -1.82. The third kappa shape index (κ3) is 2.32. The zero-order valence-electron chi connectivity index (χ0n) is 19.6. The third-order valence-corrected chi connectivity index (χ3v) is 8.36. The summed E-state index contributed by atoms with van der Waals surface area (Å²) < 4.78 is 23.6. The highest BCUT2D eigenvalue weighted by molar-refractivity contribution is 6.11. The number of Topliss-reactive ketones (excluding diaryl/α,β-unsaturated/α-hetero) is 1. The van der Waals surface area contributed by atoms with Gasteiger partial charge in [-0.3, -0.25) is 19.3 Å². The van der Waals surface area contributed by atoms with Gasteiger partial charge in [-0.25, -0.2) is 0 Å². The Labute approximate surface area is 196 Å². The Hall–Kier alpha value is -2.53. The van der Waals surface area contributed by atoms with Crippen LogP contribution in [-0.2, 0) is 34.0 Å². The highest BCUT2D eigenvalue weighted by Crippen LogP contribution is 2.69. The molecule has 5 aliphatic rings. The van der Waals surface area contributed by atoms with Crippen molar-refractivity contribution in [3.05, 3.63) is 23.8 Å². The molecule has 7 atom stereocenters. The number of anilines is 1. The van der Waals surface area contributed by atoms with E-state index in [-0.39, 0.29) is 12.2 Å². The van der Waals surface area contributed by atoms with E-state index in [1.165, 1.54) is 25.9 Å². The molecule has 0 unspecified atom stereocenters. The average molecular weight is 472 g/mol. The van der Waals surface area contributed by atoms with E-state index in [0.29, 0.717) is 36.5 Å². The molecule has 4 bridgehead atoms. The van der Waals surface area contributed by atoms with E-state index in [9.17, 15) is 19.5 Å². The SMILES string of the molecule is CO[C@H]1Oc2cccc3c2N(C1=O)[C@]1(OC(C)=O)[C@@H]2O[C@@](C)(O)[C@H]4C(=O)[C@]31CCN(C)CC[C@H]24. The summed E-state index contributed by atoms with van der Waals surface area (Å²) in [7, 11) is 3.32. The number of rotatable bonds is 2. The van der Waals surface area contributed by atoms with Crippen molar-refractivity contribution < 1.29 is 38.4 Å². The summed E-state index contributed by atoms with van der Waals surface area (Å²) in [5.74, 6) is -4.23. The van der Waals surface area contributed by atoms with Crippen molar-refractivity contribution in [2.24, 2.45) is 11.8 Å². The minimum Gasteiger partial charge on any atom is -0.453 e. The van der Waals surface area contributed by atoms with Crippen molar-refractivity contribution in [1.29, 1.82) is 0 Å². The van der Waals surface area contributed by atoms with Gasteiger partial charge in [-0.05, 0) is 51.5 Å². The molecular weight excluding hydrogens is 444 g/mol. The lowest BCUT2D eigenvalue weighted by molar-refractivity contribution is -0.233. The monoisotopic (exact) mass is 472 g/mol. The quantitative estimate of drug-likeness (QED) is 0.616. The van der Waals surface area contributed by atoms with Gasteiger partial charge in [-0.15, -0.1) is 0 Å². The second-order valence-electron chi connectivity index (χ2n) is 10.1. The van der Waals surface area contributed by atoms with Crippen LogP contribution in [0, 0.1) is 11.8 Å². The first kappa shape index (κ1) is 22.0. The van der Waals surface area contributed by atoms with E-state index in [1.807, 2.05) is 7.05 Å². The maximum Gasteiger partial charge on any atom is 0.304 e. The molecule has 6 rings (SSSR count). The van der Waals surface area contributed by atoms with Crippen LogP contribution in [0.1, 0.15) is 32.3 Å². The Balaban J connectivity index is 1.74. The van der Waals surface area contributed by atoms with Crippen molar-refractivity contribution >= 4 is 23.3 Å². The number of amides is 1. The summed E-state index contributed by atoms with van der Waals surface area (Å²) in [6.45, 7) is 3.92. The molecule has 182 valence electrons. The van der Waals surface area contributed by atoms with Crippen molar-refractivity contribution in [2.45, 2.75) is 56.0 Å². The van der Waals surface area contributed by atoms with E-state index >= 15 is 0 Å². The zero-order chi connectivity index (χ0) is 24.2. The number of nitrogens with zero attached hydrogens (tertiary/aromatic N) is 2. The Morgan fingerprint density at radius 3 is 2.74 bits per heavy atom. The van der Waals surface area contributed by atoms with E-state index in [1.54, 1.807) is 18.2 Å². The van der Waals surface area contributed by atoms with E-state index in [4.69, 9.17) is 18.9 Å². The van der Waals surface area contributed by atoms with Crippen LogP contribution in [0.4, 0.5) is 5.69 Å². The van der Waals surface area contributed by atoms with Gasteiger partial charge >= 0.3 is 5.97 Å². The molecule has 1 aromatic carbocycles. The Kier molecular flexibility index (Phi) is 4.38. The topological polar surface area (TPSA) is 115 Å². The van der Waals surface area contributed by atoms with Crippen LogP contribution in [0.5, 0.6) is 5.75 Å². The number of ether oxygens (including phenoxy) is 4. The first-order chi connectivity index (χ1) is 16.1. The number of esters is 1. The molecule has 4 heterocycles. The fraction of sp³-hybridized carbons (Fsp3) is 0.625.